The molecule has 0 spiro atoms. The fourth-order valence-corrected chi connectivity index (χ4v) is 3.51. The summed E-state index contributed by atoms with van der Waals surface area (Å²) in [4.78, 5) is 11.9. The molecular weight excluding hydrogens is 236 g/mol. The molecule has 0 aliphatic carbocycles. The van der Waals surface area contributed by atoms with Crippen LogP contribution in [0, 0.1) is 0 Å². The Labute approximate surface area is 114 Å². The van der Waals surface area contributed by atoms with Crippen molar-refractivity contribution in [2.75, 3.05) is 0 Å². The topological polar surface area (TPSA) is 41.1 Å². The maximum atomic E-state index is 11.9. The quantitative estimate of drug-likeness (QED) is 0.812. The lowest BCUT2D eigenvalue weighted by atomic mass is 9.85. The molecule has 2 aliphatic rings. The van der Waals surface area contributed by atoms with Gasteiger partial charge in [-0.05, 0) is 31.7 Å². The van der Waals surface area contributed by atoms with Gasteiger partial charge in [-0.3, -0.25) is 4.79 Å². The van der Waals surface area contributed by atoms with Crippen molar-refractivity contribution >= 4 is 5.91 Å². The van der Waals surface area contributed by atoms with Crippen molar-refractivity contribution in [2.45, 2.75) is 56.7 Å². The van der Waals surface area contributed by atoms with Crippen LogP contribution in [0.4, 0.5) is 0 Å². The molecule has 0 bridgehead atoms. The zero-order chi connectivity index (χ0) is 13.3. The Kier molecular flexibility index (Phi) is 3.31. The summed E-state index contributed by atoms with van der Waals surface area (Å²) in [5.74, 6) is 0.211. The van der Waals surface area contributed by atoms with Gasteiger partial charge in [0.1, 0.15) is 0 Å². The summed E-state index contributed by atoms with van der Waals surface area (Å²) < 4.78 is 0. The summed E-state index contributed by atoms with van der Waals surface area (Å²) >= 11 is 0. The van der Waals surface area contributed by atoms with Crippen molar-refractivity contribution in [3.05, 3.63) is 35.9 Å². The van der Waals surface area contributed by atoms with Crippen LogP contribution in [-0.4, -0.2) is 17.5 Å². The predicted molar refractivity (Wildman–Crippen MR) is 75.7 cm³/mol. The summed E-state index contributed by atoms with van der Waals surface area (Å²) in [7, 11) is 0. The summed E-state index contributed by atoms with van der Waals surface area (Å²) in [6.07, 6.45) is 4.96. The molecule has 3 rings (SSSR count). The van der Waals surface area contributed by atoms with E-state index in [1.54, 1.807) is 0 Å². The highest BCUT2D eigenvalue weighted by atomic mass is 16.1. The Hall–Kier alpha value is -1.35. The van der Waals surface area contributed by atoms with Crippen molar-refractivity contribution in [1.29, 1.82) is 0 Å². The molecular formula is C16H22N2O. The minimum atomic E-state index is -0.0992. The van der Waals surface area contributed by atoms with Crippen molar-refractivity contribution < 1.29 is 4.79 Å². The number of amides is 1. The predicted octanol–water partition coefficient (Wildman–Crippen LogP) is 2.54. The highest BCUT2D eigenvalue weighted by Gasteiger charge is 2.44. The normalized spacial score (nSPS) is 35.1. The standard InChI is InChI=1S/C16H22N2O/c1-16-11-13(12-7-3-2-4-8-12)17-14(16)9-5-6-10-15(19)18-16/h2-4,7-8,13-14,17H,5-6,9-11H2,1H3,(H,18,19)/t13-,14-,16-/m0/s1. The second-order valence-corrected chi connectivity index (χ2v) is 6.10. The van der Waals surface area contributed by atoms with Crippen LogP contribution in [-0.2, 0) is 4.79 Å². The van der Waals surface area contributed by atoms with Crippen molar-refractivity contribution in [1.82, 2.24) is 10.6 Å². The summed E-state index contributed by atoms with van der Waals surface area (Å²) in [6.45, 7) is 2.19. The van der Waals surface area contributed by atoms with Crippen molar-refractivity contribution in [2.24, 2.45) is 0 Å². The van der Waals surface area contributed by atoms with Crippen LogP contribution in [0.15, 0.2) is 30.3 Å². The van der Waals surface area contributed by atoms with Gasteiger partial charge in [0.05, 0.1) is 5.54 Å². The molecule has 0 radical (unpaired) electrons. The van der Waals surface area contributed by atoms with E-state index in [4.69, 9.17) is 0 Å². The number of benzene rings is 1. The third-order valence-electron chi connectivity index (χ3n) is 4.57. The van der Waals surface area contributed by atoms with Gasteiger partial charge in [0.25, 0.3) is 0 Å². The first-order chi connectivity index (χ1) is 9.17. The summed E-state index contributed by atoms with van der Waals surface area (Å²) in [5.41, 5.74) is 1.22. The Morgan fingerprint density at radius 1 is 1.21 bits per heavy atom. The van der Waals surface area contributed by atoms with Gasteiger partial charge >= 0.3 is 0 Å². The molecule has 19 heavy (non-hydrogen) atoms. The van der Waals surface area contributed by atoms with E-state index in [0.717, 1.165) is 25.7 Å². The van der Waals surface area contributed by atoms with Crippen LogP contribution < -0.4 is 10.6 Å². The highest BCUT2D eigenvalue weighted by molar-refractivity contribution is 5.77. The SMILES string of the molecule is C[C@]12C[C@@H](c3ccccc3)N[C@H]1CCCCC(=O)N2. The van der Waals surface area contributed by atoms with Gasteiger partial charge in [0, 0.05) is 18.5 Å². The molecule has 0 aromatic heterocycles. The van der Waals surface area contributed by atoms with E-state index in [2.05, 4.69) is 41.8 Å². The molecule has 2 aliphatic heterocycles. The smallest absolute Gasteiger partial charge is 0.220 e. The summed E-state index contributed by atoms with van der Waals surface area (Å²) in [5, 5.41) is 6.98. The van der Waals surface area contributed by atoms with E-state index >= 15 is 0 Å². The molecule has 3 atom stereocenters. The number of hydrogen-bond acceptors (Lipinski definition) is 2. The van der Waals surface area contributed by atoms with Gasteiger partial charge in [-0.15, -0.1) is 0 Å². The largest absolute Gasteiger partial charge is 0.349 e. The van der Waals surface area contributed by atoms with Crippen LogP contribution in [0.2, 0.25) is 0 Å². The fourth-order valence-electron chi connectivity index (χ4n) is 3.51. The fraction of sp³-hybridized carbons (Fsp3) is 0.562. The molecule has 2 heterocycles. The van der Waals surface area contributed by atoms with Gasteiger partial charge < -0.3 is 10.6 Å². The van der Waals surface area contributed by atoms with E-state index in [-0.39, 0.29) is 11.4 Å². The maximum Gasteiger partial charge on any atom is 0.220 e. The number of carbonyl (C=O) groups excluding carboxylic acids is 1. The average molecular weight is 258 g/mol. The van der Waals surface area contributed by atoms with Crippen molar-refractivity contribution in [3.63, 3.8) is 0 Å². The molecule has 0 saturated carbocycles. The zero-order valence-electron chi connectivity index (χ0n) is 11.5. The van der Waals surface area contributed by atoms with Crippen LogP contribution >= 0.6 is 0 Å². The number of nitrogens with one attached hydrogen (secondary N) is 2. The minimum Gasteiger partial charge on any atom is -0.349 e. The Bertz CT molecular complexity index is 459. The molecule has 2 fully saturated rings. The molecule has 3 nitrogen and oxygen atoms in total. The molecule has 1 amide bonds. The van der Waals surface area contributed by atoms with Gasteiger partial charge in [-0.2, -0.15) is 0 Å². The number of hydrogen-bond donors (Lipinski definition) is 2. The number of rotatable bonds is 1. The lowest BCUT2D eigenvalue weighted by molar-refractivity contribution is -0.123. The molecule has 2 saturated heterocycles. The molecule has 1 aromatic rings. The average Bonchev–Trinajstić information content (AvgIpc) is 2.70. The number of fused-ring (bicyclic) bond motifs is 1. The second-order valence-electron chi connectivity index (χ2n) is 6.10. The van der Waals surface area contributed by atoms with E-state index in [9.17, 15) is 4.79 Å². The Balaban J connectivity index is 1.82. The van der Waals surface area contributed by atoms with Gasteiger partial charge in [-0.1, -0.05) is 36.8 Å². The first-order valence-electron chi connectivity index (χ1n) is 7.29. The maximum absolute atomic E-state index is 11.9. The zero-order valence-corrected chi connectivity index (χ0v) is 11.5. The van der Waals surface area contributed by atoms with E-state index in [0.29, 0.717) is 18.5 Å². The number of carbonyl (C=O) groups is 1. The molecule has 3 heteroatoms. The second kappa shape index (κ2) is 4.97. The molecule has 102 valence electrons. The Morgan fingerprint density at radius 3 is 2.79 bits per heavy atom. The van der Waals surface area contributed by atoms with Gasteiger partial charge in [0.15, 0.2) is 0 Å². The third-order valence-corrected chi connectivity index (χ3v) is 4.57. The minimum absolute atomic E-state index is 0.0992. The highest BCUT2D eigenvalue weighted by Crippen LogP contribution is 2.37. The van der Waals surface area contributed by atoms with Crippen LogP contribution in [0.1, 0.15) is 50.6 Å². The lowest BCUT2D eigenvalue weighted by Crippen LogP contribution is -2.54. The van der Waals surface area contributed by atoms with Crippen LogP contribution in [0.3, 0.4) is 0 Å². The van der Waals surface area contributed by atoms with Crippen LogP contribution in [0.5, 0.6) is 0 Å². The monoisotopic (exact) mass is 258 g/mol. The Morgan fingerprint density at radius 2 is 2.00 bits per heavy atom. The lowest BCUT2D eigenvalue weighted by Gasteiger charge is -2.34. The first kappa shape index (κ1) is 12.7. The molecule has 0 unspecified atom stereocenters. The van der Waals surface area contributed by atoms with Gasteiger partial charge in [0.2, 0.25) is 5.91 Å². The first-order valence-corrected chi connectivity index (χ1v) is 7.29. The summed E-state index contributed by atoms with van der Waals surface area (Å²) in [6, 6.07) is 11.3. The molecule has 1 aromatic carbocycles. The van der Waals surface area contributed by atoms with Gasteiger partial charge in [-0.25, -0.2) is 0 Å². The van der Waals surface area contributed by atoms with Crippen molar-refractivity contribution in [3.8, 4) is 0 Å². The third kappa shape index (κ3) is 2.52. The van der Waals surface area contributed by atoms with E-state index < -0.39 is 0 Å². The molecule has 2 N–H and O–H groups in total. The van der Waals surface area contributed by atoms with Crippen LogP contribution in [0.25, 0.3) is 0 Å². The van der Waals surface area contributed by atoms with E-state index in [1.807, 2.05) is 6.07 Å². The van der Waals surface area contributed by atoms with E-state index in [1.165, 1.54) is 5.56 Å².